The summed E-state index contributed by atoms with van der Waals surface area (Å²) in [4.78, 5) is 23.1. The van der Waals surface area contributed by atoms with Crippen molar-refractivity contribution in [1.82, 2.24) is 5.32 Å². The number of thiophene rings is 1. The van der Waals surface area contributed by atoms with Gasteiger partial charge in [-0.3, -0.25) is 4.79 Å². The second-order valence-electron chi connectivity index (χ2n) is 4.94. The van der Waals surface area contributed by atoms with Crippen LogP contribution in [0.5, 0.6) is 0 Å². The van der Waals surface area contributed by atoms with E-state index in [1.54, 1.807) is 11.4 Å². The van der Waals surface area contributed by atoms with Crippen LogP contribution in [0.15, 0.2) is 17.5 Å². The molecule has 1 aliphatic carbocycles. The smallest absolute Gasteiger partial charge is 0.328 e. The number of carboxylic acids is 1. The highest BCUT2D eigenvalue weighted by molar-refractivity contribution is 7.11. The molecule has 6 heteroatoms. The average molecular weight is 309 g/mol. The molecule has 1 aliphatic rings. The topological polar surface area (TPSA) is 75.6 Å². The Labute approximate surface area is 127 Å². The minimum atomic E-state index is -1.00. The molecule has 21 heavy (non-hydrogen) atoms. The first kappa shape index (κ1) is 15.7. The fourth-order valence-electron chi connectivity index (χ4n) is 2.26. The number of carbonyl (C=O) groups excluding carboxylic acids is 1. The molecular formula is C15H19NO4S. The van der Waals surface area contributed by atoms with Gasteiger partial charge in [0, 0.05) is 22.9 Å². The summed E-state index contributed by atoms with van der Waals surface area (Å²) < 4.78 is 5.67. The molecule has 1 amide bonds. The van der Waals surface area contributed by atoms with Crippen molar-refractivity contribution in [3.05, 3.63) is 28.0 Å². The van der Waals surface area contributed by atoms with Gasteiger partial charge in [0.05, 0.1) is 18.3 Å². The van der Waals surface area contributed by atoms with Gasteiger partial charge in [-0.25, -0.2) is 4.79 Å². The minimum Gasteiger partial charge on any atom is -0.478 e. The molecule has 1 heterocycles. The van der Waals surface area contributed by atoms with Crippen LogP contribution < -0.4 is 5.32 Å². The zero-order valence-electron chi connectivity index (χ0n) is 11.7. The number of carbonyl (C=O) groups is 2. The fraction of sp³-hybridized carbons (Fsp3) is 0.467. The highest BCUT2D eigenvalue weighted by atomic mass is 32.1. The summed E-state index contributed by atoms with van der Waals surface area (Å²) in [5.74, 6) is -1.16. The Balaban J connectivity index is 1.71. The summed E-state index contributed by atoms with van der Waals surface area (Å²) in [6.07, 6.45) is 7.61. The molecule has 1 fully saturated rings. The maximum atomic E-state index is 11.9. The molecule has 0 bridgehead atoms. The quantitative estimate of drug-likeness (QED) is 0.599. The summed E-state index contributed by atoms with van der Waals surface area (Å²) in [5.41, 5.74) is 0.547. The maximum absolute atomic E-state index is 11.9. The zero-order chi connectivity index (χ0) is 15.1. The molecule has 0 saturated heterocycles. The second-order valence-corrected chi connectivity index (χ2v) is 5.89. The monoisotopic (exact) mass is 309 g/mol. The molecule has 5 nitrogen and oxygen atoms in total. The van der Waals surface area contributed by atoms with Crippen LogP contribution >= 0.6 is 11.3 Å². The van der Waals surface area contributed by atoms with E-state index in [0.29, 0.717) is 24.8 Å². The first-order chi connectivity index (χ1) is 10.1. The van der Waals surface area contributed by atoms with E-state index in [4.69, 9.17) is 9.84 Å². The molecule has 0 spiro atoms. The first-order valence-electron chi connectivity index (χ1n) is 7.04. The van der Waals surface area contributed by atoms with E-state index in [9.17, 15) is 9.59 Å². The number of carboxylic acid groups (broad SMARTS) is 1. The zero-order valence-corrected chi connectivity index (χ0v) is 12.5. The number of amides is 1. The minimum absolute atomic E-state index is 0.156. The molecule has 0 unspecified atom stereocenters. The van der Waals surface area contributed by atoms with Crippen LogP contribution in [0.25, 0.3) is 6.08 Å². The Morgan fingerprint density at radius 1 is 1.43 bits per heavy atom. The van der Waals surface area contributed by atoms with E-state index in [-0.39, 0.29) is 5.91 Å². The molecule has 1 aromatic rings. The van der Waals surface area contributed by atoms with Crippen LogP contribution in [-0.4, -0.2) is 36.2 Å². The molecule has 0 aliphatic heterocycles. The molecular weight excluding hydrogens is 290 g/mol. The van der Waals surface area contributed by atoms with Crippen LogP contribution in [0, 0.1) is 0 Å². The van der Waals surface area contributed by atoms with Crippen molar-refractivity contribution < 1.29 is 19.4 Å². The Hall–Kier alpha value is -1.66. The Morgan fingerprint density at radius 2 is 2.19 bits per heavy atom. The van der Waals surface area contributed by atoms with Crippen molar-refractivity contribution in [1.29, 1.82) is 0 Å². The lowest BCUT2D eigenvalue weighted by molar-refractivity contribution is -0.131. The Kier molecular flexibility index (Phi) is 5.95. The fourth-order valence-corrected chi connectivity index (χ4v) is 3.04. The van der Waals surface area contributed by atoms with Gasteiger partial charge in [-0.05, 0) is 25.0 Å². The lowest BCUT2D eigenvalue weighted by atomic mass is 10.3. The van der Waals surface area contributed by atoms with E-state index in [1.807, 2.05) is 0 Å². The number of ether oxygens (including phenoxy) is 1. The first-order valence-corrected chi connectivity index (χ1v) is 7.92. The summed E-state index contributed by atoms with van der Waals surface area (Å²) in [7, 11) is 0. The van der Waals surface area contributed by atoms with Crippen molar-refractivity contribution in [3.8, 4) is 0 Å². The van der Waals surface area contributed by atoms with Gasteiger partial charge in [-0.2, -0.15) is 0 Å². The van der Waals surface area contributed by atoms with E-state index >= 15 is 0 Å². The highest BCUT2D eigenvalue weighted by Crippen LogP contribution is 2.20. The van der Waals surface area contributed by atoms with Crippen LogP contribution in [0.2, 0.25) is 0 Å². The van der Waals surface area contributed by atoms with Gasteiger partial charge in [0.25, 0.3) is 5.91 Å². The standard InChI is InChI=1S/C15H19NO4S/c17-14(18)6-5-13-9-11(10-21-13)15(19)16-7-8-20-12-3-1-2-4-12/h5-6,9-10,12H,1-4,7-8H2,(H,16,19)(H,17,18). The third-order valence-corrected chi connectivity index (χ3v) is 4.21. The molecule has 0 aromatic carbocycles. The van der Waals surface area contributed by atoms with E-state index in [0.717, 1.165) is 23.8 Å². The Bertz CT molecular complexity index is 517. The van der Waals surface area contributed by atoms with Crippen molar-refractivity contribution in [3.63, 3.8) is 0 Å². The van der Waals surface area contributed by atoms with E-state index in [1.165, 1.54) is 30.3 Å². The summed E-state index contributed by atoms with van der Waals surface area (Å²) in [6, 6.07) is 1.68. The predicted molar refractivity (Wildman–Crippen MR) is 81.5 cm³/mol. The Morgan fingerprint density at radius 3 is 2.90 bits per heavy atom. The third-order valence-electron chi connectivity index (χ3n) is 3.32. The van der Waals surface area contributed by atoms with Gasteiger partial charge in [-0.1, -0.05) is 12.8 Å². The largest absolute Gasteiger partial charge is 0.478 e. The molecule has 114 valence electrons. The molecule has 2 N–H and O–H groups in total. The molecule has 0 radical (unpaired) electrons. The van der Waals surface area contributed by atoms with Crippen LogP contribution in [0.1, 0.15) is 40.9 Å². The number of hydrogen-bond donors (Lipinski definition) is 2. The van der Waals surface area contributed by atoms with Crippen molar-refractivity contribution >= 4 is 29.3 Å². The second kappa shape index (κ2) is 7.95. The van der Waals surface area contributed by atoms with Gasteiger partial charge in [0.15, 0.2) is 0 Å². The normalized spacial score (nSPS) is 15.6. The van der Waals surface area contributed by atoms with Crippen LogP contribution in [0.4, 0.5) is 0 Å². The number of nitrogens with one attached hydrogen (secondary N) is 1. The highest BCUT2D eigenvalue weighted by Gasteiger charge is 2.15. The van der Waals surface area contributed by atoms with Crippen LogP contribution in [0.3, 0.4) is 0 Å². The van der Waals surface area contributed by atoms with Crippen LogP contribution in [-0.2, 0) is 9.53 Å². The molecule has 1 aromatic heterocycles. The summed E-state index contributed by atoms with van der Waals surface area (Å²) >= 11 is 1.34. The summed E-state index contributed by atoms with van der Waals surface area (Å²) in [5, 5.41) is 13.1. The predicted octanol–water partition coefficient (Wildman–Crippen LogP) is 2.53. The van der Waals surface area contributed by atoms with E-state index in [2.05, 4.69) is 5.32 Å². The summed E-state index contributed by atoms with van der Waals surface area (Å²) in [6.45, 7) is 1.03. The average Bonchev–Trinajstić information content (AvgIpc) is 3.12. The number of aliphatic carboxylic acids is 1. The number of hydrogen-bond acceptors (Lipinski definition) is 4. The van der Waals surface area contributed by atoms with Gasteiger partial charge in [-0.15, -0.1) is 11.3 Å². The van der Waals surface area contributed by atoms with Gasteiger partial charge < -0.3 is 15.2 Å². The molecule has 0 atom stereocenters. The maximum Gasteiger partial charge on any atom is 0.328 e. The molecule has 1 saturated carbocycles. The van der Waals surface area contributed by atoms with E-state index < -0.39 is 5.97 Å². The third kappa shape index (κ3) is 5.32. The number of rotatable bonds is 7. The van der Waals surface area contributed by atoms with Gasteiger partial charge >= 0.3 is 5.97 Å². The SMILES string of the molecule is O=C(O)C=Cc1cc(C(=O)NCCOC2CCCC2)cs1. The van der Waals surface area contributed by atoms with Crippen molar-refractivity contribution in [2.24, 2.45) is 0 Å². The van der Waals surface area contributed by atoms with Gasteiger partial charge in [0.1, 0.15) is 0 Å². The lowest BCUT2D eigenvalue weighted by Gasteiger charge is -2.11. The van der Waals surface area contributed by atoms with Gasteiger partial charge in [0.2, 0.25) is 0 Å². The van der Waals surface area contributed by atoms with Crippen molar-refractivity contribution in [2.75, 3.05) is 13.2 Å². The lowest BCUT2D eigenvalue weighted by Crippen LogP contribution is -2.28. The van der Waals surface area contributed by atoms with Crippen molar-refractivity contribution in [2.45, 2.75) is 31.8 Å². The molecule has 2 rings (SSSR count).